The number of imidazole rings is 1. The average Bonchev–Trinajstić information content (AvgIpc) is 2.86. The van der Waals surface area contributed by atoms with Crippen LogP contribution in [0.4, 0.5) is 0 Å². The second-order valence-corrected chi connectivity index (χ2v) is 6.03. The quantitative estimate of drug-likeness (QED) is 0.847. The number of benzene rings is 1. The third-order valence-corrected chi connectivity index (χ3v) is 4.39. The fourth-order valence-electron chi connectivity index (χ4n) is 2.85. The van der Waals surface area contributed by atoms with Gasteiger partial charge >= 0.3 is 0 Å². The molecule has 0 amide bonds. The number of ether oxygens (including phenoxy) is 1. The van der Waals surface area contributed by atoms with Crippen LogP contribution in [-0.4, -0.2) is 40.8 Å². The molecule has 0 bridgehead atoms. The summed E-state index contributed by atoms with van der Waals surface area (Å²) < 4.78 is 7.86. The minimum atomic E-state index is 0.672. The zero-order chi connectivity index (χ0) is 14.7. The number of rotatable bonds is 5. The van der Waals surface area contributed by atoms with Crippen LogP contribution in [0.5, 0.6) is 0 Å². The maximum absolute atomic E-state index is 5.44. The van der Waals surface area contributed by atoms with Gasteiger partial charge in [0.15, 0.2) is 0 Å². The summed E-state index contributed by atoms with van der Waals surface area (Å²) in [4.78, 5) is 7.32. The second kappa shape index (κ2) is 6.58. The number of para-hydroxylation sites is 2. The highest BCUT2D eigenvalue weighted by Crippen LogP contribution is 2.20. The van der Waals surface area contributed by atoms with Gasteiger partial charge in [-0.15, -0.1) is 0 Å². The predicted molar refractivity (Wildman–Crippen MR) is 85.3 cm³/mol. The van der Waals surface area contributed by atoms with Gasteiger partial charge in [0.2, 0.25) is 0 Å². The standard InChI is InChI=1S/C17H25N3O/c1-3-14(2)12-20-16-7-5-4-6-15(16)18-17(20)13-19-8-10-21-11-9-19/h4-7,14H,3,8-13H2,1-2H3. The molecule has 1 aromatic heterocycles. The van der Waals surface area contributed by atoms with E-state index in [2.05, 4.69) is 47.6 Å². The fourth-order valence-corrected chi connectivity index (χ4v) is 2.85. The highest BCUT2D eigenvalue weighted by Gasteiger charge is 2.17. The average molecular weight is 287 g/mol. The normalized spacial score (nSPS) is 18.2. The summed E-state index contributed by atoms with van der Waals surface area (Å²) in [7, 11) is 0. The Balaban J connectivity index is 1.89. The Morgan fingerprint density at radius 1 is 1.24 bits per heavy atom. The lowest BCUT2D eigenvalue weighted by Gasteiger charge is -2.26. The van der Waals surface area contributed by atoms with Gasteiger partial charge in [0, 0.05) is 19.6 Å². The third-order valence-electron chi connectivity index (χ3n) is 4.39. The molecule has 1 fully saturated rings. The largest absolute Gasteiger partial charge is 0.379 e. The van der Waals surface area contributed by atoms with Crippen molar-refractivity contribution < 1.29 is 4.74 Å². The van der Waals surface area contributed by atoms with Crippen LogP contribution in [0.25, 0.3) is 11.0 Å². The van der Waals surface area contributed by atoms with Crippen LogP contribution in [0.1, 0.15) is 26.1 Å². The summed E-state index contributed by atoms with van der Waals surface area (Å²) in [5.74, 6) is 1.87. The van der Waals surface area contributed by atoms with Gasteiger partial charge in [-0.2, -0.15) is 0 Å². The summed E-state index contributed by atoms with van der Waals surface area (Å²) in [6.45, 7) is 10.2. The molecule has 0 spiro atoms. The molecule has 2 heterocycles. The zero-order valence-electron chi connectivity index (χ0n) is 13.1. The maximum atomic E-state index is 5.44. The molecule has 1 unspecified atom stereocenters. The summed E-state index contributed by atoms with van der Waals surface area (Å²) in [6, 6.07) is 8.48. The molecule has 3 rings (SSSR count). The smallest absolute Gasteiger partial charge is 0.124 e. The number of fused-ring (bicyclic) bond motifs is 1. The third kappa shape index (κ3) is 3.27. The van der Waals surface area contributed by atoms with E-state index in [0.29, 0.717) is 5.92 Å². The lowest BCUT2D eigenvalue weighted by molar-refractivity contribution is 0.0325. The van der Waals surface area contributed by atoms with Crippen LogP contribution in [0.15, 0.2) is 24.3 Å². The summed E-state index contributed by atoms with van der Waals surface area (Å²) in [6.07, 6.45) is 1.20. The van der Waals surface area contributed by atoms with Crippen molar-refractivity contribution in [3.05, 3.63) is 30.1 Å². The Bertz CT molecular complexity index is 587. The topological polar surface area (TPSA) is 30.3 Å². The van der Waals surface area contributed by atoms with Gasteiger partial charge in [-0.25, -0.2) is 4.98 Å². The van der Waals surface area contributed by atoms with E-state index in [1.807, 2.05) is 0 Å². The van der Waals surface area contributed by atoms with E-state index in [-0.39, 0.29) is 0 Å². The van der Waals surface area contributed by atoms with Crippen LogP contribution in [-0.2, 0) is 17.8 Å². The van der Waals surface area contributed by atoms with Gasteiger partial charge < -0.3 is 9.30 Å². The minimum absolute atomic E-state index is 0.672. The molecule has 0 aliphatic carbocycles. The maximum Gasteiger partial charge on any atom is 0.124 e. The predicted octanol–water partition coefficient (Wildman–Crippen LogP) is 2.91. The van der Waals surface area contributed by atoms with Crippen molar-refractivity contribution in [2.24, 2.45) is 5.92 Å². The molecule has 0 N–H and O–H groups in total. The van der Waals surface area contributed by atoms with E-state index in [0.717, 1.165) is 44.9 Å². The van der Waals surface area contributed by atoms with E-state index in [4.69, 9.17) is 9.72 Å². The molecule has 0 saturated carbocycles. The number of nitrogens with zero attached hydrogens (tertiary/aromatic N) is 3. The fraction of sp³-hybridized carbons (Fsp3) is 0.588. The van der Waals surface area contributed by atoms with Crippen molar-refractivity contribution in [3.63, 3.8) is 0 Å². The van der Waals surface area contributed by atoms with Crippen molar-refractivity contribution in [2.75, 3.05) is 26.3 Å². The molecule has 1 aliphatic rings. The van der Waals surface area contributed by atoms with E-state index in [1.165, 1.54) is 17.8 Å². The van der Waals surface area contributed by atoms with E-state index in [9.17, 15) is 0 Å². The van der Waals surface area contributed by atoms with E-state index < -0.39 is 0 Å². The molecule has 21 heavy (non-hydrogen) atoms. The van der Waals surface area contributed by atoms with Crippen LogP contribution in [0, 0.1) is 5.92 Å². The molecular formula is C17H25N3O. The van der Waals surface area contributed by atoms with Gasteiger partial charge in [0.25, 0.3) is 0 Å². The minimum Gasteiger partial charge on any atom is -0.379 e. The van der Waals surface area contributed by atoms with E-state index >= 15 is 0 Å². The second-order valence-electron chi connectivity index (χ2n) is 6.03. The van der Waals surface area contributed by atoms with Crippen molar-refractivity contribution in [1.82, 2.24) is 14.5 Å². The molecule has 114 valence electrons. The summed E-state index contributed by atoms with van der Waals surface area (Å²) in [5.41, 5.74) is 2.38. The Hall–Kier alpha value is -1.39. The molecule has 1 aliphatic heterocycles. The first kappa shape index (κ1) is 14.5. The number of aromatic nitrogens is 2. The molecule has 4 heteroatoms. The lowest BCUT2D eigenvalue weighted by Crippen LogP contribution is -2.36. The number of hydrogen-bond donors (Lipinski definition) is 0. The highest BCUT2D eigenvalue weighted by molar-refractivity contribution is 5.75. The molecule has 1 saturated heterocycles. The van der Waals surface area contributed by atoms with Crippen molar-refractivity contribution >= 4 is 11.0 Å². The molecule has 1 atom stereocenters. The summed E-state index contributed by atoms with van der Waals surface area (Å²) >= 11 is 0. The lowest BCUT2D eigenvalue weighted by atomic mass is 10.1. The zero-order valence-corrected chi connectivity index (χ0v) is 13.1. The van der Waals surface area contributed by atoms with Gasteiger partial charge in [0.1, 0.15) is 5.82 Å². The molecule has 0 radical (unpaired) electrons. The first-order valence-electron chi connectivity index (χ1n) is 8.02. The molecular weight excluding hydrogens is 262 g/mol. The number of morpholine rings is 1. The van der Waals surface area contributed by atoms with Gasteiger partial charge in [-0.05, 0) is 18.1 Å². The first-order valence-corrected chi connectivity index (χ1v) is 8.02. The molecule has 2 aromatic rings. The Kier molecular flexibility index (Phi) is 4.56. The van der Waals surface area contributed by atoms with Gasteiger partial charge in [-0.1, -0.05) is 32.4 Å². The number of hydrogen-bond acceptors (Lipinski definition) is 3. The van der Waals surface area contributed by atoms with Crippen molar-refractivity contribution in [1.29, 1.82) is 0 Å². The Morgan fingerprint density at radius 2 is 2.00 bits per heavy atom. The highest BCUT2D eigenvalue weighted by atomic mass is 16.5. The van der Waals surface area contributed by atoms with Crippen molar-refractivity contribution in [3.8, 4) is 0 Å². The van der Waals surface area contributed by atoms with Crippen LogP contribution in [0.2, 0.25) is 0 Å². The molecule has 1 aromatic carbocycles. The van der Waals surface area contributed by atoms with Crippen LogP contribution < -0.4 is 0 Å². The Labute approximate surface area is 126 Å². The van der Waals surface area contributed by atoms with Crippen molar-refractivity contribution in [2.45, 2.75) is 33.4 Å². The summed E-state index contributed by atoms with van der Waals surface area (Å²) in [5, 5.41) is 0. The molecule has 4 nitrogen and oxygen atoms in total. The van der Waals surface area contributed by atoms with Gasteiger partial charge in [-0.3, -0.25) is 4.90 Å². The first-order chi connectivity index (χ1) is 10.3. The van der Waals surface area contributed by atoms with E-state index in [1.54, 1.807) is 0 Å². The SMILES string of the molecule is CCC(C)Cn1c(CN2CCOCC2)nc2ccccc21. The van der Waals surface area contributed by atoms with Crippen LogP contribution in [0.3, 0.4) is 0 Å². The monoisotopic (exact) mass is 287 g/mol. The van der Waals surface area contributed by atoms with Crippen LogP contribution >= 0.6 is 0 Å². The van der Waals surface area contributed by atoms with Gasteiger partial charge in [0.05, 0.1) is 30.8 Å². The Morgan fingerprint density at radius 3 is 2.76 bits per heavy atom.